The summed E-state index contributed by atoms with van der Waals surface area (Å²) in [5.74, 6) is 0.645. The number of piperidine rings is 1. The third-order valence-corrected chi connectivity index (χ3v) is 6.64. The molecule has 1 saturated heterocycles. The van der Waals surface area contributed by atoms with E-state index in [4.69, 9.17) is 0 Å². The molecule has 3 rings (SSSR count). The molecule has 1 fully saturated rings. The summed E-state index contributed by atoms with van der Waals surface area (Å²) in [5, 5.41) is 0. The van der Waals surface area contributed by atoms with E-state index in [1.165, 1.54) is 5.56 Å². The number of sulfonamides is 1. The average molecular weight is 344 g/mol. The van der Waals surface area contributed by atoms with E-state index in [0.29, 0.717) is 19.0 Å². The van der Waals surface area contributed by atoms with Crippen LogP contribution in [0.5, 0.6) is 0 Å². The largest absolute Gasteiger partial charge is 0.264 e. The SMILES string of the molecule is Cc1ccccc1CS(=O)(=O)N1CCC(Cc2cccnc2)CC1. The molecule has 0 atom stereocenters. The molecule has 0 N–H and O–H groups in total. The number of hydrogen-bond acceptors (Lipinski definition) is 3. The zero-order chi connectivity index (χ0) is 17.0. The molecule has 4 nitrogen and oxygen atoms in total. The molecule has 5 heteroatoms. The Morgan fingerprint density at radius 3 is 2.54 bits per heavy atom. The summed E-state index contributed by atoms with van der Waals surface area (Å²) in [7, 11) is -3.23. The first-order valence-corrected chi connectivity index (χ1v) is 10.1. The molecule has 0 spiro atoms. The highest BCUT2D eigenvalue weighted by atomic mass is 32.2. The zero-order valence-corrected chi connectivity index (χ0v) is 14.9. The van der Waals surface area contributed by atoms with Crippen LogP contribution in [0.4, 0.5) is 0 Å². The van der Waals surface area contributed by atoms with E-state index in [1.807, 2.05) is 43.5 Å². The van der Waals surface area contributed by atoms with Crippen LogP contribution in [-0.2, 0) is 22.2 Å². The maximum Gasteiger partial charge on any atom is 0.218 e. The predicted molar refractivity (Wildman–Crippen MR) is 96.0 cm³/mol. The van der Waals surface area contributed by atoms with Crippen LogP contribution in [0.1, 0.15) is 29.5 Å². The Morgan fingerprint density at radius 1 is 1.12 bits per heavy atom. The van der Waals surface area contributed by atoms with E-state index >= 15 is 0 Å². The quantitative estimate of drug-likeness (QED) is 0.837. The summed E-state index contributed by atoms with van der Waals surface area (Å²) < 4.78 is 27.0. The molecule has 1 aliphatic heterocycles. The van der Waals surface area contributed by atoms with Crippen molar-refractivity contribution in [2.24, 2.45) is 5.92 Å². The van der Waals surface area contributed by atoms with E-state index in [-0.39, 0.29) is 5.75 Å². The minimum Gasteiger partial charge on any atom is -0.264 e. The van der Waals surface area contributed by atoms with E-state index in [1.54, 1.807) is 10.5 Å². The van der Waals surface area contributed by atoms with E-state index in [2.05, 4.69) is 11.1 Å². The van der Waals surface area contributed by atoms with Gasteiger partial charge >= 0.3 is 0 Å². The Hall–Kier alpha value is -1.72. The third-order valence-electron chi connectivity index (χ3n) is 4.81. The smallest absolute Gasteiger partial charge is 0.218 e. The molecular weight excluding hydrogens is 320 g/mol. The Kier molecular flexibility index (Phi) is 5.31. The van der Waals surface area contributed by atoms with Gasteiger partial charge in [0.2, 0.25) is 10.0 Å². The lowest BCUT2D eigenvalue weighted by Gasteiger charge is -2.31. The monoisotopic (exact) mass is 344 g/mol. The topological polar surface area (TPSA) is 50.3 Å². The van der Waals surface area contributed by atoms with Crippen LogP contribution in [0.15, 0.2) is 48.8 Å². The molecule has 1 aromatic heterocycles. The van der Waals surface area contributed by atoms with E-state index in [9.17, 15) is 8.42 Å². The summed E-state index contributed by atoms with van der Waals surface area (Å²) in [6.07, 6.45) is 6.51. The lowest BCUT2D eigenvalue weighted by atomic mass is 9.92. The Bertz CT molecular complexity index is 767. The minimum atomic E-state index is -3.23. The van der Waals surface area contributed by atoms with Crippen LogP contribution in [0.25, 0.3) is 0 Å². The summed E-state index contributed by atoms with van der Waals surface area (Å²) in [4.78, 5) is 4.15. The number of rotatable bonds is 5. The normalized spacial score (nSPS) is 17.0. The van der Waals surface area contributed by atoms with Crippen molar-refractivity contribution in [1.82, 2.24) is 9.29 Å². The summed E-state index contributed by atoms with van der Waals surface area (Å²) >= 11 is 0. The lowest BCUT2D eigenvalue weighted by Crippen LogP contribution is -2.39. The van der Waals surface area contributed by atoms with Crippen molar-refractivity contribution in [2.75, 3.05) is 13.1 Å². The van der Waals surface area contributed by atoms with Gasteiger partial charge in [-0.25, -0.2) is 12.7 Å². The second-order valence-corrected chi connectivity index (χ2v) is 8.56. The Labute approximate surface area is 144 Å². The fourth-order valence-electron chi connectivity index (χ4n) is 3.30. The van der Waals surface area contributed by atoms with Crippen LogP contribution in [0, 0.1) is 12.8 Å². The molecule has 0 aliphatic carbocycles. The fraction of sp³-hybridized carbons (Fsp3) is 0.421. The number of aryl methyl sites for hydroxylation is 1. The van der Waals surface area contributed by atoms with Crippen LogP contribution in [-0.4, -0.2) is 30.8 Å². The standard InChI is InChI=1S/C19H24N2O2S/c1-16-5-2-3-7-19(16)15-24(22,23)21-11-8-17(9-12-21)13-18-6-4-10-20-14-18/h2-7,10,14,17H,8-9,11-13,15H2,1H3. The van der Waals surface area contributed by atoms with Crippen molar-refractivity contribution in [1.29, 1.82) is 0 Å². The molecule has 0 unspecified atom stereocenters. The van der Waals surface area contributed by atoms with Gasteiger partial charge in [0.25, 0.3) is 0 Å². The van der Waals surface area contributed by atoms with Gasteiger partial charge in [0.15, 0.2) is 0 Å². The highest BCUT2D eigenvalue weighted by Crippen LogP contribution is 2.25. The first-order chi connectivity index (χ1) is 11.5. The molecular formula is C19H24N2O2S. The van der Waals surface area contributed by atoms with Gasteiger partial charge in [0.05, 0.1) is 5.75 Å². The molecule has 0 radical (unpaired) electrons. The average Bonchev–Trinajstić information content (AvgIpc) is 2.58. The summed E-state index contributed by atoms with van der Waals surface area (Å²) in [6.45, 7) is 3.21. The van der Waals surface area contributed by atoms with Gasteiger partial charge in [-0.15, -0.1) is 0 Å². The number of aromatic nitrogens is 1. The molecule has 2 aromatic rings. The van der Waals surface area contributed by atoms with Crippen molar-refractivity contribution < 1.29 is 8.42 Å². The predicted octanol–water partition coefficient (Wildman–Crippen LogP) is 3.17. The van der Waals surface area contributed by atoms with Gasteiger partial charge in [-0.2, -0.15) is 0 Å². The molecule has 128 valence electrons. The van der Waals surface area contributed by atoms with Crippen molar-refractivity contribution in [3.63, 3.8) is 0 Å². The van der Waals surface area contributed by atoms with Crippen molar-refractivity contribution in [3.8, 4) is 0 Å². The van der Waals surface area contributed by atoms with Crippen molar-refractivity contribution in [2.45, 2.75) is 31.9 Å². The molecule has 1 aromatic carbocycles. The van der Waals surface area contributed by atoms with Gasteiger partial charge in [-0.3, -0.25) is 4.98 Å². The number of benzene rings is 1. The van der Waals surface area contributed by atoms with Gasteiger partial charge in [0.1, 0.15) is 0 Å². The Balaban J connectivity index is 1.58. The molecule has 2 heterocycles. The maximum absolute atomic E-state index is 12.7. The maximum atomic E-state index is 12.7. The van der Waals surface area contributed by atoms with Gasteiger partial charge in [-0.05, 0) is 54.9 Å². The molecule has 0 bridgehead atoms. The van der Waals surface area contributed by atoms with E-state index in [0.717, 1.165) is 30.4 Å². The van der Waals surface area contributed by atoms with Gasteiger partial charge in [-0.1, -0.05) is 30.3 Å². The second-order valence-electron chi connectivity index (χ2n) is 6.59. The molecule has 24 heavy (non-hydrogen) atoms. The zero-order valence-electron chi connectivity index (χ0n) is 14.1. The first-order valence-electron chi connectivity index (χ1n) is 8.46. The highest BCUT2D eigenvalue weighted by Gasteiger charge is 2.28. The van der Waals surface area contributed by atoms with Crippen molar-refractivity contribution in [3.05, 3.63) is 65.5 Å². The first kappa shape index (κ1) is 17.1. The molecule has 1 aliphatic rings. The van der Waals surface area contributed by atoms with Crippen LogP contribution >= 0.6 is 0 Å². The Morgan fingerprint density at radius 2 is 1.88 bits per heavy atom. The number of nitrogens with zero attached hydrogens (tertiary/aromatic N) is 2. The van der Waals surface area contributed by atoms with Crippen LogP contribution in [0.3, 0.4) is 0 Å². The molecule has 0 amide bonds. The second kappa shape index (κ2) is 7.45. The number of pyridine rings is 1. The minimum absolute atomic E-state index is 0.104. The summed E-state index contributed by atoms with van der Waals surface area (Å²) in [5.41, 5.74) is 3.17. The fourth-order valence-corrected chi connectivity index (χ4v) is 4.97. The summed E-state index contributed by atoms with van der Waals surface area (Å²) in [6, 6.07) is 11.8. The van der Waals surface area contributed by atoms with Gasteiger partial charge in [0, 0.05) is 25.5 Å². The lowest BCUT2D eigenvalue weighted by molar-refractivity contribution is 0.272. The molecule has 0 saturated carbocycles. The van der Waals surface area contributed by atoms with E-state index < -0.39 is 10.0 Å². The number of hydrogen-bond donors (Lipinski definition) is 0. The van der Waals surface area contributed by atoms with Crippen LogP contribution < -0.4 is 0 Å². The van der Waals surface area contributed by atoms with Crippen LogP contribution in [0.2, 0.25) is 0 Å². The van der Waals surface area contributed by atoms with Gasteiger partial charge < -0.3 is 0 Å². The van der Waals surface area contributed by atoms with Crippen molar-refractivity contribution >= 4 is 10.0 Å². The highest BCUT2D eigenvalue weighted by molar-refractivity contribution is 7.88. The third kappa shape index (κ3) is 4.22.